The molecule has 6 nitrogen and oxygen atoms in total. The van der Waals surface area contributed by atoms with E-state index in [1.165, 1.54) is 0 Å². The van der Waals surface area contributed by atoms with E-state index in [0.717, 1.165) is 0 Å². The molecule has 1 unspecified atom stereocenters. The van der Waals surface area contributed by atoms with E-state index in [-0.39, 0.29) is 6.42 Å². The van der Waals surface area contributed by atoms with E-state index in [4.69, 9.17) is 15.7 Å². The molecule has 0 fully saturated rings. The van der Waals surface area contributed by atoms with Crippen molar-refractivity contribution >= 4 is 11.9 Å². The summed E-state index contributed by atoms with van der Waals surface area (Å²) in [4.78, 5) is 23.4. The molecule has 22 heavy (non-hydrogen) atoms. The monoisotopic (exact) mass is 304 g/mol. The number of benzene rings is 1. The van der Waals surface area contributed by atoms with Gasteiger partial charge in [0, 0.05) is 6.04 Å². The topological polar surface area (TPSA) is 113 Å². The van der Waals surface area contributed by atoms with Gasteiger partial charge in [0.2, 0.25) is 0 Å². The van der Waals surface area contributed by atoms with Crippen LogP contribution < -0.4 is 5.73 Å². The summed E-state index contributed by atoms with van der Waals surface area (Å²) in [6, 6.07) is 7.73. The fourth-order valence-electron chi connectivity index (χ4n) is 1.98. The van der Waals surface area contributed by atoms with Gasteiger partial charge in [0.15, 0.2) is 5.92 Å². The Bertz CT molecular complexity index is 599. The van der Waals surface area contributed by atoms with Crippen molar-refractivity contribution in [2.75, 3.05) is 0 Å². The molecule has 6 heteroatoms. The second-order valence-corrected chi connectivity index (χ2v) is 6.03. The smallest absolute Gasteiger partial charge is 0.322 e. The van der Waals surface area contributed by atoms with Gasteiger partial charge < -0.3 is 15.6 Å². The molecule has 1 aromatic carbocycles. The van der Waals surface area contributed by atoms with Crippen molar-refractivity contribution in [1.82, 2.24) is 0 Å². The number of carbonyl (C=O) groups excluding carboxylic acids is 1. The lowest BCUT2D eigenvalue weighted by atomic mass is 9.93. The van der Waals surface area contributed by atoms with Crippen LogP contribution in [-0.2, 0) is 20.7 Å². The molecule has 1 rings (SSSR count). The van der Waals surface area contributed by atoms with Crippen molar-refractivity contribution < 1.29 is 19.4 Å². The zero-order valence-corrected chi connectivity index (χ0v) is 12.9. The molecule has 0 radical (unpaired) electrons. The van der Waals surface area contributed by atoms with Crippen molar-refractivity contribution in [2.24, 2.45) is 11.7 Å². The first-order valence-corrected chi connectivity index (χ1v) is 6.84. The van der Waals surface area contributed by atoms with Crippen LogP contribution in [0.25, 0.3) is 0 Å². The first-order valence-electron chi connectivity index (χ1n) is 6.84. The van der Waals surface area contributed by atoms with E-state index in [1.54, 1.807) is 45.0 Å². The molecule has 3 N–H and O–H groups in total. The largest absolute Gasteiger partial charge is 0.481 e. The van der Waals surface area contributed by atoms with Crippen LogP contribution in [0, 0.1) is 17.2 Å². The second kappa shape index (κ2) is 7.05. The van der Waals surface area contributed by atoms with Crippen LogP contribution in [0.15, 0.2) is 24.3 Å². The van der Waals surface area contributed by atoms with Crippen molar-refractivity contribution in [3.8, 4) is 6.07 Å². The summed E-state index contributed by atoms with van der Waals surface area (Å²) in [6.45, 7) is 4.98. The lowest BCUT2D eigenvalue weighted by Crippen LogP contribution is -2.45. The third-order valence-electron chi connectivity index (χ3n) is 2.88. The number of nitriles is 1. The highest BCUT2D eigenvalue weighted by Gasteiger charge is 2.36. The van der Waals surface area contributed by atoms with Crippen LogP contribution >= 0.6 is 0 Å². The minimum Gasteiger partial charge on any atom is -0.481 e. The van der Waals surface area contributed by atoms with E-state index >= 15 is 0 Å². The Morgan fingerprint density at radius 1 is 1.41 bits per heavy atom. The van der Waals surface area contributed by atoms with E-state index in [0.29, 0.717) is 11.1 Å². The number of carboxylic acids is 1. The zero-order valence-electron chi connectivity index (χ0n) is 12.9. The van der Waals surface area contributed by atoms with E-state index in [9.17, 15) is 14.7 Å². The van der Waals surface area contributed by atoms with Crippen molar-refractivity contribution in [2.45, 2.75) is 38.8 Å². The Morgan fingerprint density at radius 2 is 2.05 bits per heavy atom. The fourth-order valence-corrected chi connectivity index (χ4v) is 1.98. The first-order chi connectivity index (χ1) is 10.1. The average Bonchev–Trinajstić information content (AvgIpc) is 2.36. The molecule has 0 heterocycles. The second-order valence-electron chi connectivity index (χ2n) is 6.03. The number of rotatable bonds is 5. The molecule has 0 bridgehead atoms. The predicted octanol–water partition coefficient (Wildman–Crippen LogP) is 1.47. The summed E-state index contributed by atoms with van der Waals surface area (Å²) in [7, 11) is 0. The summed E-state index contributed by atoms with van der Waals surface area (Å²) in [6.07, 6.45) is 0.158. The highest BCUT2D eigenvalue weighted by molar-refractivity contribution is 5.95. The van der Waals surface area contributed by atoms with Crippen molar-refractivity contribution in [1.29, 1.82) is 5.26 Å². The number of carbonyl (C=O) groups is 2. The molecule has 2 atom stereocenters. The number of hydrogen-bond acceptors (Lipinski definition) is 5. The van der Waals surface area contributed by atoms with Crippen molar-refractivity contribution in [3.63, 3.8) is 0 Å². The molecule has 0 saturated carbocycles. The number of nitrogens with zero attached hydrogens (tertiary/aromatic N) is 1. The Balaban J connectivity index is 2.90. The van der Waals surface area contributed by atoms with Crippen LogP contribution in [0.2, 0.25) is 0 Å². The fraction of sp³-hybridized carbons (Fsp3) is 0.438. The summed E-state index contributed by atoms with van der Waals surface area (Å²) in [5, 5.41) is 18.1. The number of ether oxygens (including phenoxy) is 1. The Kier molecular flexibility index (Phi) is 5.66. The molecular weight excluding hydrogens is 284 g/mol. The van der Waals surface area contributed by atoms with Gasteiger partial charge in [0.25, 0.3) is 0 Å². The van der Waals surface area contributed by atoms with Crippen LogP contribution in [0.4, 0.5) is 0 Å². The van der Waals surface area contributed by atoms with Crippen LogP contribution in [-0.4, -0.2) is 28.7 Å². The number of hydrogen-bond donors (Lipinski definition) is 2. The van der Waals surface area contributed by atoms with Gasteiger partial charge in [-0.25, -0.2) is 0 Å². The third kappa shape index (κ3) is 5.19. The first kappa shape index (κ1) is 17.7. The third-order valence-corrected chi connectivity index (χ3v) is 2.88. The Hall–Kier alpha value is -2.39. The molecule has 1 aromatic rings. The predicted molar refractivity (Wildman–Crippen MR) is 79.8 cm³/mol. The molecule has 118 valence electrons. The minimum atomic E-state index is -1.45. The van der Waals surface area contributed by atoms with Gasteiger partial charge in [0.05, 0.1) is 11.6 Å². The quantitative estimate of drug-likeness (QED) is 0.629. The lowest BCUT2D eigenvalue weighted by Gasteiger charge is -2.25. The highest BCUT2D eigenvalue weighted by Crippen LogP contribution is 2.17. The van der Waals surface area contributed by atoms with Gasteiger partial charge in [0.1, 0.15) is 5.60 Å². The number of aliphatic carboxylic acids is 1. The highest BCUT2D eigenvalue weighted by atomic mass is 16.6. The van der Waals surface area contributed by atoms with E-state index in [2.05, 4.69) is 0 Å². The van der Waals surface area contributed by atoms with Gasteiger partial charge in [-0.05, 0) is 44.9 Å². The molecule has 0 aliphatic rings. The molecule has 0 amide bonds. The number of carboxylic acid groups (broad SMARTS) is 1. The van der Waals surface area contributed by atoms with E-state index < -0.39 is 29.5 Å². The normalized spacial score (nSPS) is 13.8. The van der Waals surface area contributed by atoms with Crippen LogP contribution in [0.1, 0.15) is 31.9 Å². The molecule has 0 spiro atoms. The maximum absolute atomic E-state index is 12.0. The Morgan fingerprint density at radius 3 is 2.55 bits per heavy atom. The summed E-state index contributed by atoms with van der Waals surface area (Å²) in [5.74, 6) is -3.63. The summed E-state index contributed by atoms with van der Waals surface area (Å²) in [5.41, 5.74) is 6.26. The van der Waals surface area contributed by atoms with Crippen LogP contribution in [0.3, 0.4) is 0 Å². The molecule has 0 aliphatic carbocycles. The van der Waals surface area contributed by atoms with Crippen LogP contribution in [0.5, 0.6) is 0 Å². The lowest BCUT2D eigenvalue weighted by molar-refractivity contribution is -0.167. The summed E-state index contributed by atoms with van der Waals surface area (Å²) < 4.78 is 5.11. The van der Waals surface area contributed by atoms with Crippen molar-refractivity contribution in [3.05, 3.63) is 35.4 Å². The van der Waals surface area contributed by atoms with Gasteiger partial charge in [-0.15, -0.1) is 0 Å². The maximum Gasteiger partial charge on any atom is 0.322 e. The molecular formula is C16H20N2O4. The Labute approximate surface area is 129 Å². The number of nitrogens with two attached hydrogens (primary N) is 1. The molecule has 0 aliphatic heterocycles. The standard InChI is InChI=1S/C16H20N2O4/c1-16(2,3)22-15(21)13(14(19)20)12(18)8-10-5-4-6-11(7-10)9-17/h4-7,12-13H,8,18H2,1-3H3,(H,19,20)/t12?,13-/m1/s1. The number of esters is 1. The molecule has 0 aromatic heterocycles. The summed E-state index contributed by atoms with van der Waals surface area (Å²) >= 11 is 0. The van der Waals surface area contributed by atoms with Gasteiger partial charge >= 0.3 is 11.9 Å². The van der Waals surface area contributed by atoms with Gasteiger partial charge in [-0.2, -0.15) is 5.26 Å². The maximum atomic E-state index is 12.0. The van der Waals surface area contributed by atoms with Gasteiger partial charge in [-0.1, -0.05) is 12.1 Å². The average molecular weight is 304 g/mol. The minimum absolute atomic E-state index is 0.158. The zero-order chi connectivity index (χ0) is 16.9. The SMILES string of the molecule is CC(C)(C)OC(=O)[C@@H](C(=O)O)C(N)Cc1cccc(C#N)c1. The molecule has 0 saturated heterocycles. The van der Waals surface area contributed by atoms with E-state index in [1.807, 2.05) is 6.07 Å². The van der Waals surface area contributed by atoms with Gasteiger partial charge in [-0.3, -0.25) is 9.59 Å².